The summed E-state index contributed by atoms with van der Waals surface area (Å²) >= 11 is 0. The van der Waals surface area contributed by atoms with Gasteiger partial charge in [-0.25, -0.2) is 0 Å². The Morgan fingerprint density at radius 1 is 0.268 bits per heavy atom. The van der Waals surface area contributed by atoms with Crippen molar-refractivity contribution < 1.29 is 0 Å². The van der Waals surface area contributed by atoms with Crippen LogP contribution in [0.2, 0.25) is 0 Å². The summed E-state index contributed by atoms with van der Waals surface area (Å²) in [6.07, 6.45) is 0. The van der Waals surface area contributed by atoms with Crippen molar-refractivity contribution in [2.75, 3.05) is 4.90 Å². The summed E-state index contributed by atoms with van der Waals surface area (Å²) in [5, 5.41) is 8.06. The third-order valence-corrected chi connectivity index (χ3v) is 12.4. The normalized spacial score (nSPS) is 13.1. The molecule has 260 valence electrons. The number of anilines is 3. The summed E-state index contributed by atoms with van der Waals surface area (Å²) in [5.74, 6) is 0. The fraction of sp³-hybridized carbons (Fsp3) is 0.0182. The minimum Gasteiger partial charge on any atom is -0.310 e. The highest BCUT2D eigenvalue weighted by molar-refractivity contribution is 6.30. The van der Waals surface area contributed by atoms with Gasteiger partial charge in [-0.15, -0.1) is 0 Å². The summed E-state index contributed by atoms with van der Waals surface area (Å²) in [6.45, 7) is 0. The number of fused-ring (bicyclic) bond motifs is 10. The van der Waals surface area contributed by atoms with Gasteiger partial charge in [0.25, 0.3) is 0 Å². The van der Waals surface area contributed by atoms with E-state index in [1.165, 1.54) is 88.0 Å². The van der Waals surface area contributed by atoms with E-state index < -0.39 is 5.41 Å². The standard InChI is InChI=1S/C55H35N/c1-3-13-36(14-4-1)38-25-29-40(30-26-38)56(41-31-27-39(28-32-41)37-15-5-2-6-16-37)42-33-34-46-45-19-9-10-22-49(45)55(52(46)35-42)50-23-11-20-47-43-17-7-8-18-44(43)48-21-12-24-51(55)54(48)53(47)50/h1-35H. The third-order valence-electron chi connectivity index (χ3n) is 12.4. The Balaban J connectivity index is 1.11. The lowest BCUT2D eigenvalue weighted by atomic mass is 9.70. The molecule has 10 aromatic carbocycles. The van der Waals surface area contributed by atoms with E-state index in [1.807, 2.05) is 0 Å². The number of hydrogen-bond donors (Lipinski definition) is 0. The maximum Gasteiger partial charge on any atom is 0.0726 e. The molecule has 2 aliphatic carbocycles. The Hall–Kier alpha value is -7.22. The Morgan fingerprint density at radius 3 is 1.23 bits per heavy atom. The Bertz CT molecular complexity index is 3000. The van der Waals surface area contributed by atoms with Crippen LogP contribution in [0.25, 0.3) is 65.7 Å². The molecule has 10 aromatic rings. The first-order chi connectivity index (χ1) is 27.8. The summed E-state index contributed by atoms with van der Waals surface area (Å²) < 4.78 is 0. The van der Waals surface area contributed by atoms with Gasteiger partial charge in [-0.3, -0.25) is 0 Å². The van der Waals surface area contributed by atoms with Gasteiger partial charge in [0.05, 0.1) is 5.41 Å². The SMILES string of the molecule is c1ccc(-c2ccc(N(c3ccc(-c4ccccc4)cc3)c3ccc4c(c3)C3(c5ccccc5-4)c4cccc5c6ccccc6c6cccc3c6c45)cc2)cc1. The highest BCUT2D eigenvalue weighted by Gasteiger charge is 2.51. The molecule has 0 N–H and O–H groups in total. The highest BCUT2D eigenvalue weighted by atomic mass is 15.1. The van der Waals surface area contributed by atoms with E-state index in [1.54, 1.807) is 0 Å². The van der Waals surface area contributed by atoms with Gasteiger partial charge in [0.15, 0.2) is 0 Å². The summed E-state index contributed by atoms with van der Waals surface area (Å²) in [6, 6.07) is 78.6. The molecule has 1 spiro atoms. The summed E-state index contributed by atoms with van der Waals surface area (Å²) in [7, 11) is 0. The summed E-state index contributed by atoms with van der Waals surface area (Å²) in [4.78, 5) is 2.43. The van der Waals surface area contributed by atoms with Crippen molar-refractivity contribution in [3.05, 3.63) is 235 Å². The molecule has 1 heteroatoms. The van der Waals surface area contributed by atoms with Crippen LogP contribution in [0.1, 0.15) is 22.3 Å². The van der Waals surface area contributed by atoms with E-state index in [2.05, 4.69) is 217 Å². The molecule has 0 saturated heterocycles. The first-order valence-corrected chi connectivity index (χ1v) is 19.5. The fourth-order valence-corrected chi connectivity index (χ4v) is 10.1. The lowest BCUT2D eigenvalue weighted by Gasteiger charge is -2.32. The van der Waals surface area contributed by atoms with Crippen molar-refractivity contribution in [2.45, 2.75) is 5.41 Å². The Morgan fingerprint density at radius 2 is 0.679 bits per heavy atom. The molecule has 0 aliphatic heterocycles. The first-order valence-electron chi connectivity index (χ1n) is 19.5. The molecule has 12 rings (SSSR count). The van der Waals surface area contributed by atoms with Crippen LogP contribution in [0.4, 0.5) is 17.1 Å². The average molecular weight is 710 g/mol. The van der Waals surface area contributed by atoms with Gasteiger partial charge in [0, 0.05) is 17.1 Å². The van der Waals surface area contributed by atoms with Crippen LogP contribution in [0.3, 0.4) is 0 Å². The number of benzene rings is 10. The lowest BCUT2D eigenvalue weighted by molar-refractivity contribution is 0.797. The van der Waals surface area contributed by atoms with Gasteiger partial charge in [0.2, 0.25) is 0 Å². The quantitative estimate of drug-likeness (QED) is 0.161. The van der Waals surface area contributed by atoms with Crippen molar-refractivity contribution in [3.8, 4) is 33.4 Å². The lowest BCUT2D eigenvalue weighted by Crippen LogP contribution is -2.26. The predicted molar refractivity (Wildman–Crippen MR) is 235 cm³/mol. The van der Waals surface area contributed by atoms with E-state index >= 15 is 0 Å². The van der Waals surface area contributed by atoms with Crippen LogP contribution in [0, 0.1) is 0 Å². The predicted octanol–water partition coefficient (Wildman–Crippen LogP) is 14.6. The number of nitrogens with zero attached hydrogens (tertiary/aromatic N) is 1. The van der Waals surface area contributed by atoms with Crippen LogP contribution in [-0.2, 0) is 5.41 Å². The average Bonchev–Trinajstić information content (AvgIpc) is 3.75. The van der Waals surface area contributed by atoms with E-state index in [9.17, 15) is 0 Å². The molecule has 0 radical (unpaired) electrons. The topological polar surface area (TPSA) is 3.24 Å². The van der Waals surface area contributed by atoms with E-state index in [4.69, 9.17) is 0 Å². The zero-order valence-corrected chi connectivity index (χ0v) is 30.7. The molecule has 1 nitrogen and oxygen atoms in total. The van der Waals surface area contributed by atoms with Crippen LogP contribution >= 0.6 is 0 Å². The molecule has 0 fully saturated rings. The summed E-state index contributed by atoms with van der Waals surface area (Å²) in [5.41, 5.74) is 15.8. The number of hydrogen-bond acceptors (Lipinski definition) is 1. The van der Waals surface area contributed by atoms with Gasteiger partial charge in [-0.2, -0.15) is 0 Å². The zero-order chi connectivity index (χ0) is 36.8. The van der Waals surface area contributed by atoms with Crippen molar-refractivity contribution in [2.24, 2.45) is 0 Å². The molecule has 0 aromatic heterocycles. The monoisotopic (exact) mass is 709 g/mol. The number of rotatable bonds is 5. The molecule has 0 bridgehead atoms. The zero-order valence-electron chi connectivity index (χ0n) is 30.7. The second-order valence-electron chi connectivity index (χ2n) is 15.2. The molecule has 0 amide bonds. The molecule has 0 atom stereocenters. The molecular formula is C55H35N. The Labute approximate surface area is 326 Å². The molecule has 0 unspecified atom stereocenters. The first kappa shape index (κ1) is 31.2. The molecule has 56 heavy (non-hydrogen) atoms. The maximum atomic E-state index is 2.49. The third kappa shape index (κ3) is 4.26. The van der Waals surface area contributed by atoms with Gasteiger partial charge in [-0.1, -0.05) is 176 Å². The second-order valence-corrected chi connectivity index (χ2v) is 15.2. The van der Waals surface area contributed by atoms with Crippen LogP contribution < -0.4 is 4.90 Å². The molecular weight excluding hydrogens is 675 g/mol. The highest BCUT2D eigenvalue weighted by Crippen LogP contribution is 2.63. The van der Waals surface area contributed by atoms with Crippen LogP contribution in [0.15, 0.2) is 212 Å². The van der Waals surface area contributed by atoms with E-state index in [0.29, 0.717) is 0 Å². The van der Waals surface area contributed by atoms with Crippen molar-refractivity contribution in [1.29, 1.82) is 0 Å². The molecule has 2 aliphatic rings. The fourth-order valence-electron chi connectivity index (χ4n) is 10.1. The van der Waals surface area contributed by atoms with Gasteiger partial charge >= 0.3 is 0 Å². The minimum atomic E-state index is -0.458. The van der Waals surface area contributed by atoms with E-state index in [-0.39, 0.29) is 0 Å². The van der Waals surface area contributed by atoms with Crippen LogP contribution in [-0.4, -0.2) is 0 Å². The molecule has 0 saturated carbocycles. The largest absolute Gasteiger partial charge is 0.310 e. The second kappa shape index (κ2) is 11.9. The van der Waals surface area contributed by atoms with E-state index in [0.717, 1.165) is 17.1 Å². The minimum absolute atomic E-state index is 0.458. The maximum absolute atomic E-state index is 2.49. The van der Waals surface area contributed by atoms with Crippen molar-refractivity contribution in [1.82, 2.24) is 0 Å². The van der Waals surface area contributed by atoms with Gasteiger partial charge in [0.1, 0.15) is 0 Å². The smallest absolute Gasteiger partial charge is 0.0726 e. The van der Waals surface area contributed by atoms with Crippen LogP contribution in [0.5, 0.6) is 0 Å². The molecule has 0 heterocycles. The van der Waals surface area contributed by atoms with Crippen molar-refractivity contribution >= 4 is 49.4 Å². The van der Waals surface area contributed by atoms with Crippen molar-refractivity contribution in [3.63, 3.8) is 0 Å². The Kier molecular flexibility index (Phi) is 6.62. The van der Waals surface area contributed by atoms with Gasteiger partial charge in [-0.05, 0) is 124 Å². The van der Waals surface area contributed by atoms with Gasteiger partial charge < -0.3 is 4.90 Å².